The zero-order valence-electron chi connectivity index (χ0n) is 25.7. The third-order valence-electron chi connectivity index (χ3n) is 9.15. The second-order valence-corrected chi connectivity index (χ2v) is 13.6. The van der Waals surface area contributed by atoms with Gasteiger partial charge in [-0.3, -0.25) is 9.88 Å². The highest BCUT2D eigenvalue weighted by Gasteiger charge is 2.29. The van der Waals surface area contributed by atoms with E-state index in [2.05, 4.69) is 76.0 Å². The fourth-order valence-electron chi connectivity index (χ4n) is 6.55. The summed E-state index contributed by atoms with van der Waals surface area (Å²) in [6.07, 6.45) is 8.62. The second-order valence-electron chi connectivity index (χ2n) is 13.2. The number of aliphatic hydroxyl groups is 1. The molecular formula is C34H41ClN8O. The number of aliphatic hydroxyl groups excluding tert-OH is 1. The SMILES string of the molecule is CC(C)(C)N1CCC(n2cc([C@@H](Nc3cc(Cl)c4ncc(C#N)c(NC5CCC(O)CC5)c4c3)c3ccccc3)nn2)CC1. The highest BCUT2D eigenvalue weighted by Crippen LogP contribution is 2.37. The number of piperidine rings is 1. The zero-order chi connectivity index (χ0) is 30.8. The van der Waals surface area contributed by atoms with Crippen LogP contribution in [0.15, 0.2) is 54.9 Å². The number of anilines is 2. The molecule has 1 saturated carbocycles. The van der Waals surface area contributed by atoms with Crippen molar-refractivity contribution in [1.29, 1.82) is 5.26 Å². The van der Waals surface area contributed by atoms with Crippen LogP contribution in [-0.2, 0) is 0 Å². The molecule has 4 aromatic rings. The number of pyridine rings is 1. The molecule has 2 aromatic heterocycles. The van der Waals surface area contributed by atoms with E-state index in [9.17, 15) is 10.4 Å². The van der Waals surface area contributed by atoms with Crippen LogP contribution in [0.25, 0.3) is 10.9 Å². The van der Waals surface area contributed by atoms with Gasteiger partial charge in [0, 0.05) is 41.9 Å². The van der Waals surface area contributed by atoms with Crippen molar-refractivity contribution >= 4 is 33.9 Å². The van der Waals surface area contributed by atoms with Gasteiger partial charge in [-0.1, -0.05) is 47.1 Å². The molecule has 1 aliphatic heterocycles. The zero-order valence-corrected chi connectivity index (χ0v) is 26.4. The number of nitrogens with one attached hydrogen (secondary N) is 2. The molecule has 44 heavy (non-hydrogen) atoms. The molecule has 10 heteroatoms. The average molecular weight is 613 g/mol. The molecule has 3 N–H and O–H groups in total. The van der Waals surface area contributed by atoms with E-state index in [1.807, 2.05) is 35.0 Å². The van der Waals surface area contributed by atoms with Crippen LogP contribution in [0.5, 0.6) is 0 Å². The molecule has 2 fully saturated rings. The number of benzene rings is 2. The molecule has 0 amide bonds. The van der Waals surface area contributed by atoms with E-state index in [1.54, 1.807) is 6.20 Å². The highest BCUT2D eigenvalue weighted by atomic mass is 35.5. The number of nitriles is 1. The van der Waals surface area contributed by atoms with Gasteiger partial charge in [-0.25, -0.2) is 4.68 Å². The van der Waals surface area contributed by atoms with Gasteiger partial charge in [0.05, 0.1) is 46.2 Å². The molecule has 2 aliphatic rings. The lowest BCUT2D eigenvalue weighted by Crippen LogP contribution is -2.46. The summed E-state index contributed by atoms with van der Waals surface area (Å²) in [5.74, 6) is 0. The molecule has 230 valence electrons. The molecule has 1 aliphatic carbocycles. The van der Waals surface area contributed by atoms with E-state index in [0.717, 1.165) is 79.6 Å². The normalized spacial score (nSPS) is 20.7. The lowest BCUT2D eigenvalue weighted by Gasteiger charge is -2.40. The Hall–Kier alpha value is -3.71. The maximum absolute atomic E-state index is 10.00. The van der Waals surface area contributed by atoms with Crippen LogP contribution in [0.3, 0.4) is 0 Å². The van der Waals surface area contributed by atoms with Crippen molar-refractivity contribution in [2.75, 3.05) is 23.7 Å². The van der Waals surface area contributed by atoms with E-state index in [0.29, 0.717) is 22.1 Å². The van der Waals surface area contributed by atoms with E-state index in [4.69, 9.17) is 11.6 Å². The van der Waals surface area contributed by atoms with Crippen LogP contribution in [0.2, 0.25) is 5.02 Å². The number of rotatable bonds is 7. The first-order valence-electron chi connectivity index (χ1n) is 15.6. The van der Waals surface area contributed by atoms with Gasteiger partial charge < -0.3 is 15.7 Å². The maximum Gasteiger partial charge on any atom is 0.109 e. The Morgan fingerprint density at radius 3 is 2.45 bits per heavy atom. The van der Waals surface area contributed by atoms with Crippen molar-refractivity contribution in [3.05, 3.63) is 76.7 Å². The summed E-state index contributed by atoms with van der Waals surface area (Å²) in [5.41, 5.74) is 4.68. The molecule has 1 atom stereocenters. The molecule has 0 bridgehead atoms. The molecule has 0 spiro atoms. The third-order valence-corrected chi connectivity index (χ3v) is 9.43. The van der Waals surface area contributed by atoms with Crippen LogP contribution in [-0.4, -0.2) is 60.8 Å². The Morgan fingerprint density at radius 1 is 1.05 bits per heavy atom. The first-order chi connectivity index (χ1) is 21.2. The Labute approximate surface area is 264 Å². The molecule has 6 rings (SSSR count). The van der Waals surface area contributed by atoms with Crippen molar-refractivity contribution in [1.82, 2.24) is 24.9 Å². The predicted molar refractivity (Wildman–Crippen MR) is 175 cm³/mol. The first-order valence-corrected chi connectivity index (χ1v) is 16.0. The van der Waals surface area contributed by atoms with Crippen LogP contribution in [0.4, 0.5) is 11.4 Å². The number of likely N-dealkylation sites (tertiary alicyclic amines) is 1. The summed E-state index contributed by atoms with van der Waals surface area (Å²) in [5, 5.41) is 37.8. The standard InChI is InChI=1S/C34H41ClN8O/c1-34(2,3)42-15-13-26(14-16-42)43-21-30(40-41-43)32(22-7-5-4-6-8-22)39-25-17-28-31(38-24-9-11-27(44)12-10-24)23(19-36)20-37-33(28)29(35)18-25/h4-8,17-18,20-21,24,26-27,32,39,44H,9-16H2,1-3H3,(H,37,38)/t24?,27?,32-/m0/s1. The lowest BCUT2D eigenvalue weighted by atomic mass is 9.92. The Bertz CT molecular complexity index is 1630. The Balaban J connectivity index is 1.31. The quantitative estimate of drug-likeness (QED) is 0.211. The number of nitrogens with zero attached hydrogens (tertiary/aromatic N) is 6. The molecule has 9 nitrogen and oxygen atoms in total. The van der Waals surface area contributed by atoms with Gasteiger partial charge in [0.25, 0.3) is 0 Å². The molecule has 1 saturated heterocycles. The van der Waals surface area contributed by atoms with Gasteiger partial charge >= 0.3 is 0 Å². The summed E-state index contributed by atoms with van der Waals surface area (Å²) in [6.45, 7) is 8.89. The fourth-order valence-corrected chi connectivity index (χ4v) is 6.82. The number of halogens is 1. The van der Waals surface area contributed by atoms with Crippen LogP contribution < -0.4 is 10.6 Å². The highest BCUT2D eigenvalue weighted by molar-refractivity contribution is 6.35. The summed E-state index contributed by atoms with van der Waals surface area (Å²) in [7, 11) is 0. The predicted octanol–water partition coefficient (Wildman–Crippen LogP) is 6.70. The molecule has 0 unspecified atom stereocenters. The monoisotopic (exact) mass is 612 g/mol. The Kier molecular flexibility index (Phi) is 8.77. The summed E-state index contributed by atoms with van der Waals surface area (Å²) >= 11 is 6.83. The summed E-state index contributed by atoms with van der Waals surface area (Å²) < 4.78 is 2.03. The van der Waals surface area contributed by atoms with Crippen molar-refractivity contribution in [2.45, 2.75) is 89.1 Å². The van der Waals surface area contributed by atoms with Gasteiger partial charge in [0.15, 0.2) is 0 Å². The number of hydrogen-bond acceptors (Lipinski definition) is 8. The van der Waals surface area contributed by atoms with E-state index in [-0.39, 0.29) is 23.7 Å². The van der Waals surface area contributed by atoms with Gasteiger partial charge in [-0.15, -0.1) is 5.10 Å². The topological polar surface area (TPSA) is 115 Å². The number of hydrogen-bond donors (Lipinski definition) is 3. The largest absolute Gasteiger partial charge is 0.393 e. The van der Waals surface area contributed by atoms with Gasteiger partial charge in [-0.2, -0.15) is 5.26 Å². The number of aromatic nitrogens is 4. The molecule has 2 aromatic carbocycles. The van der Waals surface area contributed by atoms with Gasteiger partial charge in [0.2, 0.25) is 0 Å². The van der Waals surface area contributed by atoms with E-state index < -0.39 is 0 Å². The third kappa shape index (κ3) is 6.53. The van der Waals surface area contributed by atoms with Crippen molar-refractivity contribution < 1.29 is 5.11 Å². The minimum Gasteiger partial charge on any atom is -0.393 e. The second kappa shape index (κ2) is 12.7. The van der Waals surface area contributed by atoms with Gasteiger partial charge in [-0.05, 0) is 77.0 Å². The molecule has 3 heterocycles. The summed E-state index contributed by atoms with van der Waals surface area (Å²) in [6, 6.07) is 16.6. The minimum atomic E-state index is -0.267. The lowest BCUT2D eigenvalue weighted by molar-refractivity contribution is 0.0866. The van der Waals surface area contributed by atoms with E-state index in [1.165, 1.54) is 0 Å². The van der Waals surface area contributed by atoms with Crippen LogP contribution in [0.1, 0.15) is 88.2 Å². The van der Waals surface area contributed by atoms with Crippen molar-refractivity contribution in [2.24, 2.45) is 0 Å². The molecular weight excluding hydrogens is 572 g/mol. The first kappa shape index (κ1) is 30.3. The van der Waals surface area contributed by atoms with E-state index >= 15 is 0 Å². The van der Waals surface area contributed by atoms with Crippen molar-refractivity contribution in [3.63, 3.8) is 0 Å². The minimum absolute atomic E-state index is 0.161. The molecule has 0 radical (unpaired) electrons. The average Bonchev–Trinajstić information content (AvgIpc) is 3.51. The fraction of sp³-hybridized carbons (Fsp3) is 0.471. The maximum atomic E-state index is 10.00. The van der Waals surface area contributed by atoms with Crippen molar-refractivity contribution in [3.8, 4) is 6.07 Å². The van der Waals surface area contributed by atoms with Gasteiger partial charge in [0.1, 0.15) is 11.8 Å². The van der Waals surface area contributed by atoms with Crippen LogP contribution >= 0.6 is 11.6 Å². The number of fused-ring (bicyclic) bond motifs is 1. The smallest absolute Gasteiger partial charge is 0.109 e. The van der Waals surface area contributed by atoms with Crippen LogP contribution in [0, 0.1) is 11.3 Å². The summed E-state index contributed by atoms with van der Waals surface area (Å²) in [4.78, 5) is 7.07. The Morgan fingerprint density at radius 2 is 1.77 bits per heavy atom.